The summed E-state index contributed by atoms with van der Waals surface area (Å²) < 4.78 is 0. The van der Waals surface area contributed by atoms with Crippen molar-refractivity contribution in [1.29, 1.82) is 0 Å². The molecule has 1 aromatic rings. The van der Waals surface area contributed by atoms with Gasteiger partial charge in [-0.25, -0.2) is 4.79 Å². The van der Waals surface area contributed by atoms with E-state index in [2.05, 4.69) is 5.32 Å². The molecule has 0 aromatic heterocycles. The summed E-state index contributed by atoms with van der Waals surface area (Å²) >= 11 is 5.87. The van der Waals surface area contributed by atoms with Gasteiger partial charge >= 0.3 is 5.97 Å². The van der Waals surface area contributed by atoms with Gasteiger partial charge in [-0.15, -0.1) is 0 Å². The van der Waals surface area contributed by atoms with Crippen molar-refractivity contribution in [2.45, 2.75) is 44.6 Å². The highest BCUT2D eigenvalue weighted by atomic mass is 35.5. The van der Waals surface area contributed by atoms with Gasteiger partial charge in [0, 0.05) is 5.02 Å². The highest BCUT2D eigenvalue weighted by molar-refractivity contribution is 6.30. The molecule has 0 unspecified atom stereocenters. The average molecular weight is 310 g/mol. The number of carbonyl (C=O) groups excluding carboxylic acids is 1. The number of aliphatic carboxylic acids is 1. The third kappa shape index (κ3) is 3.56. The molecular weight excluding hydrogens is 290 g/mol. The SMILES string of the molecule is CC(C)C[C@@H](NC(=O)C1(c2ccc(Cl)cc2)CC1)C(=O)O. The van der Waals surface area contributed by atoms with E-state index >= 15 is 0 Å². The van der Waals surface area contributed by atoms with Gasteiger partial charge in [-0.05, 0) is 42.9 Å². The van der Waals surface area contributed by atoms with Crippen molar-refractivity contribution in [1.82, 2.24) is 5.32 Å². The number of hydrogen-bond donors (Lipinski definition) is 2. The Balaban J connectivity index is 2.11. The lowest BCUT2D eigenvalue weighted by molar-refractivity contribution is -0.142. The van der Waals surface area contributed by atoms with E-state index < -0.39 is 17.4 Å². The highest BCUT2D eigenvalue weighted by Crippen LogP contribution is 2.48. The molecule has 1 atom stereocenters. The maximum atomic E-state index is 12.5. The molecule has 0 aliphatic heterocycles. The van der Waals surface area contributed by atoms with Gasteiger partial charge in [0.1, 0.15) is 6.04 Å². The third-order valence-corrected chi connectivity index (χ3v) is 4.14. The van der Waals surface area contributed by atoms with Gasteiger partial charge in [-0.2, -0.15) is 0 Å². The number of carboxylic acids is 1. The molecule has 0 heterocycles. The van der Waals surface area contributed by atoms with Crippen LogP contribution in [0.5, 0.6) is 0 Å². The lowest BCUT2D eigenvalue weighted by atomic mass is 9.94. The van der Waals surface area contributed by atoms with E-state index in [-0.39, 0.29) is 11.8 Å². The van der Waals surface area contributed by atoms with Crippen LogP contribution in [0.15, 0.2) is 24.3 Å². The topological polar surface area (TPSA) is 66.4 Å². The van der Waals surface area contributed by atoms with Gasteiger partial charge in [-0.3, -0.25) is 4.79 Å². The van der Waals surface area contributed by atoms with Crippen molar-refractivity contribution in [3.8, 4) is 0 Å². The van der Waals surface area contributed by atoms with Gasteiger partial charge in [0.25, 0.3) is 0 Å². The van der Waals surface area contributed by atoms with E-state index in [1.165, 1.54) is 0 Å². The number of amides is 1. The first-order valence-corrected chi connectivity index (χ1v) is 7.53. The van der Waals surface area contributed by atoms with Gasteiger partial charge in [0.15, 0.2) is 0 Å². The molecular formula is C16H20ClNO3. The van der Waals surface area contributed by atoms with Gasteiger partial charge in [0.05, 0.1) is 5.41 Å². The Morgan fingerprint density at radius 2 is 1.86 bits per heavy atom. The zero-order chi connectivity index (χ0) is 15.6. The van der Waals surface area contributed by atoms with Crippen molar-refractivity contribution in [2.24, 2.45) is 5.92 Å². The summed E-state index contributed by atoms with van der Waals surface area (Å²) in [6.45, 7) is 3.88. The molecule has 1 saturated carbocycles. The summed E-state index contributed by atoms with van der Waals surface area (Å²) in [6, 6.07) is 6.36. The summed E-state index contributed by atoms with van der Waals surface area (Å²) in [4.78, 5) is 23.8. The maximum absolute atomic E-state index is 12.5. The van der Waals surface area contributed by atoms with E-state index in [1.54, 1.807) is 12.1 Å². The maximum Gasteiger partial charge on any atom is 0.326 e. The summed E-state index contributed by atoms with van der Waals surface area (Å²) in [5.74, 6) is -0.973. The second-order valence-corrected chi connectivity index (χ2v) is 6.52. The number of rotatable bonds is 6. The van der Waals surface area contributed by atoms with E-state index in [0.29, 0.717) is 11.4 Å². The van der Waals surface area contributed by atoms with Crippen LogP contribution in [-0.4, -0.2) is 23.0 Å². The quantitative estimate of drug-likeness (QED) is 0.849. The molecule has 0 bridgehead atoms. The molecule has 2 N–H and O–H groups in total. The Morgan fingerprint density at radius 1 is 1.29 bits per heavy atom. The standard InChI is InChI=1S/C16H20ClNO3/c1-10(2)9-13(14(19)20)18-15(21)16(7-8-16)11-3-5-12(17)6-4-11/h3-6,10,13H,7-9H2,1-2H3,(H,18,21)(H,19,20)/t13-/m1/s1. The Kier molecular flexibility index (Phi) is 4.57. The summed E-state index contributed by atoms with van der Waals surface area (Å²) in [5.41, 5.74) is 0.327. The zero-order valence-corrected chi connectivity index (χ0v) is 13.0. The molecule has 1 amide bonds. The average Bonchev–Trinajstić information content (AvgIpc) is 3.19. The van der Waals surface area contributed by atoms with Crippen LogP contribution in [0.3, 0.4) is 0 Å². The molecule has 1 aromatic carbocycles. The van der Waals surface area contributed by atoms with Gasteiger partial charge in [-0.1, -0.05) is 37.6 Å². The van der Waals surface area contributed by atoms with Crippen LogP contribution < -0.4 is 5.32 Å². The van der Waals surface area contributed by atoms with Crippen LogP contribution in [0, 0.1) is 5.92 Å². The smallest absolute Gasteiger partial charge is 0.326 e. The molecule has 114 valence electrons. The van der Waals surface area contributed by atoms with Crippen molar-refractivity contribution >= 4 is 23.5 Å². The molecule has 21 heavy (non-hydrogen) atoms. The van der Waals surface area contributed by atoms with E-state index in [4.69, 9.17) is 11.6 Å². The molecule has 5 heteroatoms. The Bertz CT molecular complexity index is 535. The van der Waals surface area contributed by atoms with Crippen LogP contribution in [0.25, 0.3) is 0 Å². The van der Waals surface area contributed by atoms with Crippen molar-refractivity contribution in [2.75, 3.05) is 0 Å². The van der Waals surface area contributed by atoms with E-state index in [1.807, 2.05) is 26.0 Å². The number of carbonyl (C=O) groups is 2. The van der Waals surface area contributed by atoms with Crippen LogP contribution in [-0.2, 0) is 15.0 Å². The zero-order valence-electron chi connectivity index (χ0n) is 12.2. The Hall–Kier alpha value is -1.55. The van der Waals surface area contributed by atoms with Crippen molar-refractivity contribution in [3.63, 3.8) is 0 Å². The fourth-order valence-corrected chi connectivity index (χ4v) is 2.66. The molecule has 1 aliphatic carbocycles. The van der Waals surface area contributed by atoms with Crippen LogP contribution in [0.2, 0.25) is 5.02 Å². The second kappa shape index (κ2) is 6.06. The molecule has 0 spiro atoms. The Labute approximate surface area is 129 Å². The number of halogens is 1. The monoisotopic (exact) mass is 309 g/mol. The van der Waals surface area contributed by atoms with Crippen LogP contribution in [0.1, 0.15) is 38.7 Å². The van der Waals surface area contributed by atoms with Gasteiger partial charge in [0.2, 0.25) is 5.91 Å². The summed E-state index contributed by atoms with van der Waals surface area (Å²) in [7, 11) is 0. The first-order chi connectivity index (χ1) is 9.85. The lowest BCUT2D eigenvalue weighted by Gasteiger charge is -2.21. The predicted octanol–water partition coefficient (Wildman–Crippen LogP) is 2.99. The third-order valence-electron chi connectivity index (χ3n) is 3.89. The first kappa shape index (κ1) is 15.8. The van der Waals surface area contributed by atoms with Crippen molar-refractivity contribution in [3.05, 3.63) is 34.9 Å². The minimum atomic E-state index is -0.982. The number of carboxylic acid groups (broad SMARTS) is 1. The molecule has 1 fully saturated rings. The minimum Gasteiger partial charge on any atom is -0.480 e. The van der Waals surface area contributed by atoms with E-state index in [9.17, 15) is 14.7 Å². The normalized spacial score (nSPS) is 17.3. The molecule has 2 rings (SSSR count). The molecule has 4 nitrogen and oxygen atoms in total. The fourth-order valence-electron chi connectivity index (χ4n) is 2.53. The van der Waals surface area contributed by atoms with Crippen molar-refractivity contribution < 1.29 is 14.7 Å². The molecule has 1 aliphatic rings. The fraction of sp³-hybridized carbons (Fsp3) is 0.500. The largest absolute Gasteiger partial charge is 0.480 e. The summed E-state index contributed by atoms with van der Waals surface area (Å²) in [6.07, 6.45) is 1.92. The van der Waals surface area contributed by atoms with Gasteiger partial charge < -0.3 is 10.4 Å². The first-order valence-electron chi connectivity index (χ1n) is 7.15. The lowest BCUT2D eigenvalue weighted by Crippen LogP contribution is -2.46. The van der Waals surface area contributed by atoms with Crippen LogP contribution >= 0.6 is 11.6 Å². The van der Waals surface area contributed by atoms with E-state index in [0.717, 1.165) is 18.4 Å². The molecule has 0 saturated heterocycles. The number of hydrogen-bond acceptors (Lipinski definition) is 2. The summed E-state index contributed by atoms with van der Waals surface area (Å²) in [5, 5.41) is 12.5. The highest BCUT2D eigenvalue weighted by Gasteiger charge is 2.51. The second-order valence-electron chi connectivity index (χ2n) is 6.08. The Morgan fingerprint density at radius 3 is 2.29 bits per heavy atom. The predicted molar refractivity (Wildman–Crippen MR) is 81.4 cm³/mol. The number of nitrogens with one attached hydrogen (secondary N) is 1. The number of benzene rings is 1. The molecule has 0 radical (unpaired) electrons. The minimum absolute atomic E-state index is 0.196. The van der Waals surface area contributed by atoms with Crippen LogP contribution in [0.4, 0.5) is 0 Å².